The predicted octanol–water partition coefficient (Wildman–Crippen LogP) is 1.70. The molecule has 0 spiro atoms. The van der Waals surface area contributed by atoms with E-state index in [0.29, 0.717) is 5.75 Å². The van der Waals surface area contributed by atoms with Crippen LogP contribution in [0.1, 0.15) is 44.2 Å². The predicted molar refractivity (Wildman–Crippen MR) is 81.7 cm³/mol. The van der Waals surface area contributed by atoms with Crippen molar-refractivity contribution in [2.45, 2.75) is 44.5 Å². The van der Waals surface area contributed by atoms with E-state index in [4.69, 9.17) is 0 Å². The fraction of sp³-hybridized carbons (Fsp3) is 0.500. The van der Waals surface area contributed by atoms with Crippen LogP contribution < -0.4 is 5.11 Å². The number of amides is 1. The van der Waals surface area contributed by atoms with Gasteiger partial charge >= 0.3 is 0 Å². The third-order valence-corrected chi connectivity index (χ3v) is 4.95. The third-order valence-electron chi connectivity index (χ3n) is 3.73. The molecule has 5 heteroatoms. The second-order valence-corrected chi connectivity index (χ2v) is 7.40. The highest BCUT2D eigenvalue weighted by atomic mass is 32.2. The van der Waals surface area contributed by atoms with Gasteiger partial charge in [0.25, 0.3) is 0 Å². The van der Waals surface area contributed by atoms with E-state index in [1.807, 2.05) is 24.3 Å². The lowest BCUT2D eigenvalue weighted by Gasteiger charge is -2.31. The van der Waals surface area contributed by atoms with E-state index < -0.39 is 12.0 Å². The molecular weight excluding hydrogens is 286 g/mol. The van der Waals surface area contributed by atoms with Gasteiger partial charge in [-0.2, -0.15) is 0 Å². The van der Waals surface area contributed by atoms with Gasteiger partial charge in [0.2, 0.25) is 5.91 Å². The van der Waals surface area contributed by atoms with Gasteiger partial charge in [0, 0.05) is 0 Å². The van der Waals surface area contributed by atoms with Gasteiger partial charge in [0.05, 0.1) is 17.8 Å². The molecular formula is C16H20NO3S-. The van der Waals surface area contributed by atoms with Crippen LogP contribution in [-0.4, -0.2) is 28.6 Å². The Hall–Kier alpha value is -1.49. The zero-order chi connectivity index (χ0) is 15.8. The fourth-order valence-electron chi connectivity index (χ4n) is 2.37. The smallest absolute Gasteiger partial charge is 0.234 e. The van der Waals surface area contributed by atoms with E-state index in [1.165, 1.54) is 29.1 Å². The topological polar surface area (TPSA) is 60.4 Å². The highest BCUT2D eigenvalue weighted by Crippen LogP contribution is 2.40. The van der Waals surface area contributed by atoms with Crippen molar-refractivity contribution in [3.05, 3.63) is 35.4 Å². The first kappa shape index (κ1) is 15.9. The summed E-state index contributed by atoms with van der Waals surface area (Å²) < 4.78 is 0. The number of hydrogen-bond acceptors (Lipinski definition) is 4. The molecule has 1 heterocycles. The number of aliphatic carboxylic acids is 1. The molecule has 0 radical (unpaired) electrons. The van der Waals surface area contributed by atoms with Crippen LogP contribution in [0, 0.1) is 0 Å². The van der Waals surface area contributed by atoms with Crippen molar-refractivity contribution in [3.63, 3.8) is 0 Å². The lowest BCUT2D eigenvalue weighted by molar-refractivity contribution is -0.310. The maximum Gasteiger partial charge on any atom is 0.234 e. The fourth-order valence-corrected chi connectivity index (χ4v) is 3.63. The molecule has 1 aliphatic rings. The zero-order valence-electron chi connectivity index (χ0n) is 12.8. The molecule has 1 aliphatic heterocycles. The highest BCUT2D eigenvalue weighted by molar-refractivity contribution is 8.00. The summed E-state index contributed by atoms with van der Waals surface area (Å²) in [6.45, 7) is 7.91. The van der Waals surface area contributed by atoms with Gasteiger partial charge in [-0.15, -0.1) is 11.8 Å². The standard InChI is InChI=1S/C16H21NO3S/c1-10(15(19)20)17-13(18)9-21-14(17)11-5-7-12(8-6-11)16(2,3)4/h5-8,10,14H,9H2,1-4H3,(H,19,20)/p-1/t10-,14+/m1/s1. The number of carboxylic acids is 1. The van der Waals surface area contributed by atoms with Crippen molar-refractivity contribution in [2.24, 2.45) is 0 Å². The first-order chi connectivity index (χ1) is 9.71. The maximum atomic E-state index is 11.9. The summed E-state index contributed by atoms with van der Waals surface area (Å²) in [5.74, 6) is -1.06. The first-order valence-corrected chi connectivity index (χ1v) is 8.01. The van der Waals surface area contributed by atoms with Crippen molar-refractivity contribution in [2.75, 3.05) is 5.75 Å². The average Bonchev–Trinajstić information content (AvgIpc) is 2.78. The molecule has 2 rings (SSSR count). The second kappa shape index (κ2) is 5.72. The van der Waals surface area contributed by atoms with Gasteiger partial charge in [0.1, 0.15) is 5.37 Å². The van der Waals surface area contributed by atoms with Crippen LogP contribution in [0.3, 0.4) is 0 Å². The summed E-state index contributed by atoms with van der Waals surface area (Å²) in [6.07, 6.45) is 0. The quantitative estimate of drug-likeness (QED) is 0.853. The van der Waals surface area contributed by atoms with Gasteiger partial charge in [-0.1, -0.05) is 45.0 Å². The Morgan fingerprint density at radius 3 is 2.38 bits per heavy atom. The molecule has 1 saturated heterocycles. The van der Waals surface area contributed by atoms with E-state index in [0.717, 1.165) is 5.56 Å². The third kappa shape index (κ3) is 3.23. The van der Waals surface area contributed by atoms with E-state index in [1.54, 1.807) is 0 Å². The van der Waals surface area contributed by atoms with E-state index in [2.05, 4.69) is 20.8 Å². The molecule has 2 atom stereocenters. The van der Waals surface area contributed by atoms with Crippen LogP contribution in [-0.2, 0) is 15.0 Å². The van der Waals surface area contributed by atoms with Crippen LogP contribution in [0.25, 0.3) is 0 Å². The molecule has 1 amide bonds. The van der Waals surface area contributed by atoms with Crippen molar-refractivity contribution in [3.8, 4) is 0 Å². The number of rotatable bonds is 3. The molecule has 1 aromatic carbocycles. The first-order valence-electron chi connectivity index (χ1n) is 6.96. The zero-order valence-corrected chi connectivity index (χ0v) is 13.6. The summed E-state index contributed by atoms with van der Waals surface area (Å²) in [5.41, 5.74) is 2.22. The molecule has 0 unspecified atom stereocenters. The SMILES string of the molecule is C[C@H](C(=O)[O-])N1C(=O)CS[C@H]1c1ccc(C(C)(C)C)cc1. The highest BCUT2D eigenvalue weighted by Gasteiger charge is 2.36. The van der Waals surface area contributed by atoms with Crippen LogP contribution in [0.2, 0.25) is 0 Å². The minimum atomic E-state index is -1.22. The van der Waals surface area contributed by atoms with Crippen molar-refractivity contribution in [1.29, 1.82) is 0 Å². The molecule has 114 valence electrons. The number of hydrogen-bond donors (Lipinski definition) is 0. The molecule has 0 saturated carbocycles. The Morgan fingerprint density at radius 1 is 1.33 bits per heavy atom. The maximum absolute atomic E-state index is 11.9. The van der Waals surface area contributed by atoms with Crippen molar-refractivity contribution >= 4 is 23.6 Å². The Labute approximate surface area is 129 Å². The molecule has 21 heavy (non-hydrogen) atoms. The molecule has 0 bridgehead atoms. The second-order valence-electron chi connectivity index (χ2n) is 6.33. The Kier molecular flexibility index (Phi) is 4.33. The summed E-state index contributed by atoms with van der Waals surface area (Å²) in [6, 6.07) is 7.12. The Morgan fingerprint density at radius 2 is 1.90 bits per heavy atom. The molecule has 0 N–H and O–H groups in total. The summed E-state index contributed by atoms with van der Waals surface area (Å²) in [4.78, 5) is 24.4. The van der Waals surface area contributed by atoms with Crippen LogP contribution in [0.15, 0.2) is 24.3 Å². The monoisotopic (exact) mass is 306 g/mol. The molecule has 1 fully saturated rings. The molecule has 4 nitrogen and oxygen atoms in total. The normalized spacial score (nSPS) is 20.7. The summed E-state index contributed by atoms with van der Waals surface area (Å²) in [5, 5.41) is 10.8. The van der Waals surface area contributed by atoms with Gasteiger partial charge < -0.3 is 14.8 Å². The largest absolute Gasteiger partial charge is 0.548 e. The summed E-state index contributed by atoms with van der Waals surface area (Å²) >= 11 is 1.46. The van der Waals surface area contributed by atoms with Gasteiger partial charge in [0.15, 0.2) is 0 Å². The minimum absolute atomic E-state index is 0.0646. The van der Waals surface area contributed by atoms with Gasteiger partial charge in [-0.25, -0.2) is 0 Å². The van der Waals surface area contributed by atoms with E-state index >= 15 is 0 Å². The number of carbonyl (C=O) groups excluding carboxylic acids is 2. The Balaban J connectivity index is 2.28. The number of carboxylic acid groups (broad SMARTS) is 1. The van der Waals surface area contributed by atoms with Gasteiger partial charge in [-0.05, 0) is 23.5 Å². The number of benzene rings is 1. The van der Waals surface area contributed by atoms with E-state index in [-0.39, 0.29) is 16.7 Å². The number of nitrogens with zero attached hydrogens (tertiary/aromatic N) is 1. The van der Waals surface area contributed by atoms with Crippen molar-refractivity contribution < 1.29 is 14.7 Å². The minimum Gasteiger partial charge on any atom is -0.548 e. The average molecular weight is 306 g/mol. The lowest BCUT2D eigenvalue weighted by Crippen LogP contribution is -2.47. The number of carbonyl (C=O) groups is 2. The molecule has 0 aromatic heterocycles. The molecule has 0 aliphatic carbocycles. The van der Waals surface area contributed by atoms with Crippen molar-refractivity contribution in [1.82, 2.24) is 4.90 Å². The summed E-state index contributed by atoms with van der Waals surface area (Å²) in [7, 11) is 0. The lowest BCUT2D eigenvalue weighted by atomic mass is 9.86. The Bertz CT molecular complexity index is 548. The molecule has 1 aromatic rings. The van der Waals surface area contributed by atoms with Crippen LogP contribution >= 0.6 is 11.8 Å². The number of thioether (sulfide) groups is 1. The van der Waals surface area contributed by atoms with Crippen LogP contribution in [0.4, 0.5) is 0 Å². The van der Waals surface area contributed by atoms with Crippen LogP contribution in [0.5, 0.6) is 0 Å². The van der Waals surface area contributed by atoms with E-state index in [9.17, 15) is 14.7 Å². The van der Waals surface area contributed by atoms with Gasteiger partial charge in [-0.3, -0.25) is 4.79 Å².